The Bertz CT molecular complexity index is 937. The molecule has 2 aromatic carbocycles. The number of hydrogen-bond acceptors (Lipinski definition) is 4. The molecule has 138 valence electrons. The first kappa shape index (κ1) is 18.7. The lowest BCUT2D eigenvalue weighted by Gasteiger charge is -2.13. The minimum atomic E-state index is -0.252. The third-order valence-electron chi connectivity index (χ3n) is 4.12. The summed E-state index contributed by atoms with van der Waals surface area (Å²) in [5.74, 6) is -0.252. The Labute approximate surface area is 164 Å². The Kier molecular flexibility index (Phi) is 5.62. The highest BCUT2D eigenvalue weighted by Crippen LogP contribution is 2.24. The molecule has 1 heterocycles. The molecular formula is C21H21ClN4O. The van der Waals surface area contributed by atoms with Crippen molar-refractivity contribution in [2.45, 2.75) is 6.92 Å². The van der Waals surface area contributed by atoms with Gasteiger partial charge in [-0.1, -0.05) is 17.7 Å². The fourth-order valence-corrected chi connectivity index (χ4v) is 2.70. The monoisotopic (exact) mass is 380 g/mol. The summed E-state index contributed by atoms with van der Waals surface area (Å²) in [5.41, 5.74) is 4.90. The highest BCUT2D eigenvalue weighted by molar-refractivity contribution is 6.30. The second kappa shape index (κ2) is 8.10. The fourth-order valence-electron chi connectivity index (χ4n) is 2.52. The molecular weight excluding hydrogens is 360 g/mol. The van der Waals surface area contributed by atoms with Crippen molar-refractivity contribution < 1.29 is 4.79 Å². The van der Waals surface area contributed by atoms with E-state index >= 15 is 0 Å². The van der Waals surface area contributed by atoms with Gasteiger partial charge in [0.05, 0.1) is 11.9 Å². The van der Waals surface area contributed by atoms with Crippen LogP contribution in [0.4, 0.5) is 22.7 Å². The van der Waals surface area contributed by atoms with E-state index in [1.807, 2.05) is 74.4 Å². The van der Waals surface area contributed by atoms with Crippen molar-refractivity contribution in [2.24, 2.45) is 0 Å². The average Bonchev–Trinajstić information content (AvgIpc) is 2.65. The second-order valence-corrected chi connectivity index (χ2v) is 6.85. The first-order valence-electron chi connectivity index (χ1n) is 8.50. The normalized spacial score (nSPS) is 10.4. The number of carbonyl (C=O) groups excluding carboxylic acids is 1. The largest absolute Gasteiger partial charge is 0.378 e. The van der Waals surface area contributed by atoms with E-state index in [9.17, 15) is 4.79 Å². The maximum atomic E-state index is 12.4. The van der Waals surface area contributed by atoms with Crippen LogP contribution in [0.2, 0.25) is 5.02 Å². The van der Waals surface area contributed by atoms with Crippen LogP contribution in [0.5, 0.6) is 0 Å². The highest BCUT2D eigenvalue weighted by Gasteiger charge is 2.08. The molecule has 0 aliphatic heterocycles. The van der Waals surface area contributed by atoms with Crippen LogP contribution in [0.3, 0.4) is 0 Å². The fraction of sp³-hybridized carbons (Fsp3) is 0.143. The Morgan fingerprint density at radius 1 is 1.00 bits per heavy atom. The molecule has 1 amide bonds. The number of halogens is 1. The second-order valence-electron chi connectivity index (χ2n) is 6.41. The molecule has 0 atom stereocenters. The average molecular weight is 381 g/mol. The minimum Gasteiger partial charge on any atom is -0.378 e. The van der Waals surface area contributed by atoms with Crippen LogP contribution in [0.25, 0.3) is 0 Å². The number of hydrogen-bond donors (Lipinski definition) is 2. The number of carbonyl (C=O) groups is 1. The predicted molar refractivity (Wildman–Crippen MR) is 112 cm³/mol. The van der Waals surface area contributed by atoms with E-state index < -0.39 is 0 Å². The van der Waals surface area contributed by atoms with Crippen LogP contribution >= 0.6 is 11.6 Å². The molecule has 3 aromatic rings. The van der Waals surface area contributed by atoms with Crippen molar-refractivity contribution in [1.29, 1.82) is 0 Å². The lowest BCUT2D eigenvalue weighted by molar-refractivity contribution is 0.102. The number of aromatic nitrogens is 1. The van der Waals surface area contributed by atoms with E-state index in [0.29, 0.717) is 10.7 Å². The summed E-state index contributed by atoms with van der Waals surface area (Å²) in [6.45, 7) is 2.00. The lowest BCUT2D eigenvalue weighted by atomic mass is 10.2. The van der Waals surface area contributed by atoms with Gasteiger partial charge < -0.3 is 15.5 Å². The van der Waals surface area contributed by atoms with Crippen LogP contribution in [0, 0.1) is 6.92 Å². The predicted octanol–water partition coefficient (Wildman–Crippen LogP) is 5.11. The van der Waals surface area contributed by atoms with Gasteiger partial charge in [0.1, 0.15) is 5.69 Å². The number of nitrogens with one attached hydrogen (secondary N) is 2. The lowest BCUT2D eigenvalue weighted by Crippen LogP contribution is -2.14. The third kappa shape index (κ3) is 4.77. The van der Waals surface area contributed by atoms with E-state index in [2.05, 4.69) is 15.6 Å². The Hall–Kier alpha value is -3.05. The van der Waals surface area contributed by atoms with Gasteiger partial charge in [0, 0.05) is 36.2 Å². The van der Waals surface area contributed by atoms with Crippen molar-refractivity contribution in [3.8, 4) is 0 Å². The third-order valence-corrected chi connectivity index (χ3v) is 4.35. The van der Waals surface area contributed by atoms with Gasteiger partial charge in [-0.3, -0.25) is 4.79 Å². The smallest absolute Gasteiger partial charge is 0.274 e. The van der Waals surface area contributed by atoms with Crippen molar-refractivity contribution >= 4 is 40.3 Å². The summed E-state index contributed by atoms with van der Waals surface area (Å²) in [7, 11) is 3.94. The first-order valence-corrected chi connectivity index (χ1v) is 8.88. The molecule has 0 radical (unpaired) electrons. The van der Waals surface area contributed by atoms with Gasteiger partial charge in [-0.05, 0) is 61.0 Å². The van der Waals surface area contributed by atoms with E-state index in [4.69, 9.17) is 11.6 Å². The zero-order valence-electron chi connectivity index (χ0n) is 15.5. The number of anilines is 4. The highest BCUT2D eigenvalue weighted by atomic mass is 35.5. The molecule has 3 rings (SSSR count). The number of aryl methyl sites for hydroxylation is 1. The molecule has 0 spiro atoms. The van der Waals surface area contributed by atoms with Crippen molar-refractivity contribution in [3.05, 3.63) is 77.1 Å². The molecule has 0 aliphatic rings. The van der Waals surface area contributed by atoms with Gasteiger partial charge >= 0.3 is 0 Å². The molecule has 1 aromatic heterocycles. The topological polar surface area (TPSA) is 57.3 Å². The van der Waals surface area contributed by atoms with Gasteiger partial charge in [-0.25, -0.2) is 4.98 Å². The number of pyridine rings is 1. The summed E-state index contributed by atoms with van der Waals surface area (Å²) in [6, 6.07) is 16.8. The number of rotatable bonds is 5. The molecule has 0 saturated carbocycles. The van der Waals surface area contributed by atoms with Crippen molar-refractivity contribution in [2.75, 3.05) is 29.6 Å². The van der Waals surface area contributed by atoms with E-state index in [1.54, 1.807) is 12.3 Å². The molecule has 0 saturated heterocycles. The van der Waals surface area contributed by atoms with Gasteiger partial charge in [-0.2, -0.15) is 0 Å². The van der Waals surface area contributed by atoms with E-state index in [0.717, 1.165) is 28.3 Å². The van der Waals surface area contributed by atoms with Crippen LogP contribution in [0.1, 0.15) is 16.1 Å². The van der Waals surface area contributed by atoms with Gasteiger partial charge in [0.15, 0.2) is 0 Å². The maximum absolute atomic E-state index is 12.4. The SMILES string of the molecule is Cc1ccc(Cl)cc1Nc1ccc(C(=O)Nc2ccc(N(C)C)cc2)nc1. The van der Waals surface area contributed by atoms with Gasteiger partial charge in [-0.15, -0.1) is 0 Å². The number of benzene rings is 2. The summed E-state index contributed by atoms with van der Waals surface area (Å²) in [4.78, 5) is 18.6. The molecule has 0 bridgehead atoms. The van der Waals surface area contributed by atoms with Crippen LogP contribution in [-0.4, -0.2) is 25.0 Å². The van der Waals surface area contributed by atoms with E-state index in [-0.39, 0.29) is 5.91 Å². The van der Waals surface area contributed by atoms with Gasteiger partial charge in [0.25, 0.3) is 5.91 Å². The molecule has 0 unspecified atom stereocenters. The zero-order chi connectivity index (χ0) is 19.4. The standard InChI is InChI=1S/C21H21ClN4O/c1-14-4-5-15(22)12-20(14)24-17-8-11-19(23-13-17)21(27)25-16-6-9-18(10-7-16)26(2)3/h4-13,24H,1-3H3,(H,25,27). The van der Waals surface area contributed by atoms with Crippen molar-refractivity contribution in [3.63, 3.8) is 0 Å². The van der Waals surface area contributed by atoms with Crippen LogP contribution in [0.15, 0.2) is 60.8 Å². The molecule has 0 fully saturated rings. The molecule has 6 heteroatoms. The minimum absolute atomic E-state index is 0.252. The quantitative estimate of drug-likeness (QED) is 0.646. The Morgan fingerprint density at radius 2 is 1.70 bits per heavy atom. The zero-order valence-corrected chi connectivity index (χ0v) is 16.2. The van der Waals surface area contributed by atoms with E-state index in [1.165, 1.54) is 0 Å². The van der Waals surface area contributed by atoms with Crippen LogP contribution < -0.4 is 15.5 Å². The summed E-state index contributed by atoms with van der Waals surface area (Å²) in [5, 5.41) is 6.77. The molecule has 2 N–H and O–H groups in total. The Morgan fingerprint density at radius 3 is 2.33 bits per heavy atom. The summed E-state index contributed by atoms with van der Waals surface area (Å²) >= 11 is 6.04. The van der Waals surface area contributed by atoms with Crippen LogP contribution in [-0.2, 0) is 0 Å². The summed E-state index contributed by atoms with van der Waals surface area (Å²) in [6.07, 6.45) is 1.63. The van der Waals surface area contributed by atoms with Gasteiger partial charge in [0.2, 0.25) is 0 Å². The maximum Gasteiger partial charge on any atom is 0.274 e. The molecule has 5 nitrogen and oxygen atoms in total. The van der Waals surface area contributed by atoms with Crippen molar-refractivity contribution in [1.82, 2.24) is 4.98 Å². The number of nitrogens with zero attached hydrogens (tertiary/aromatic N) is 2. The molecule has 27 heavy (non-hydrogen) atoms. The molecule has 0 aliphatic carbocycles. The summed E-state index contributed by atoms with van der Waals surface area (Å²) < 4.78 is 0. The Balaban J connectivity index is 1.67. The number of amides is 1. The first-order chi connectivity index (χ1) is 12.9.